The van der Waals surface area contributed by atoms with Crippen LogP contribution in [0.3, 0.4) is 0 Å². The number of hydrogen-bond donors (Lipinski definition) is 1. The molecule has 0 radical (unpaired) electrons. The van der Waals surface area contributed by atoms with E-state index in [9.17, 15) is 4.39 Å². The van der Waals surface area contributed by atoms with E-state index in [1.165, 1.54) is 12.1 Å². The third kappa shape index (κ3) is 3.45. The molecule has 2 aromatic rings. The molecular formula is C13H10BrClFN. The Labute approximate surface area is 113 Å². The summed E-state index contributed by atoms with van der Waals surface area (Å²) in [6.45, 7) is 0.632. The molecule has 0 atom stereocenters. The Morgan fingerprint density at radius 1 is 1.12 bits per heavy atom. The summed E-state index contributed by atoms with van der Waals surface area (Å²) in [5.41, 5.74) is 1.93. The topological polar surface area (TPSA) is 12.0 Å². The minimum Gasteiger partial charge on any atom is -0.381 e. The minimum absolute atomic E-state index is 0.237. The maximum atomic E-state index is 12.7. The van der Waals surface area contributed by atoms with Crippen molar-refractivity contribution in [1.82, 2.24) is 0 Å². The van der Waals surface area contributed by atoms with Crippen LogP contribution in [0.15, 0.2) is 46.9 Å². The van der Waals surface area contributed by atoms with Gasteiger partial charge in [-0.3, -0.25) is 0 Å². The molecule has 0 aliphatic heterocycles. The Morgan fingerprint density at radius 3 is 2.53 bits per heavy atom. The molecular weight excluding hydrogens is 305 g/mol. The van der Waals surface area contributed by atoms with Gasteiger partial charge in [-0.1, -0.05) is 27.5 Å². The summed E-state index contributed by atoms with van der Waals surface area (Å²) in [5, 5.41) is 3.90. The van der Waals surface area contributed by atoms with Gasteiger partial charge in [-0.25, -0.2) is 4.39 Å². The number of hydrogen-bond acceptors (Lipinski definition) is 1. The van der Waals surface area contributed by atoms with E-state index in [1.807, 2.05) is 18.2 Å². The fourth-order valence-corrected chi connectivity index (χ4v) is 2.03. The average Bonchev–Trinajstić information content (AvgIpc) is 2.32. The summed E-state index contributed by atoms with van der Waals surface area (Å²) in [7, 11) is 0. The van der Waals surface area contributed by atoms with Crippen LogP contribution in [0.4, 0.5) is 10.1 Å². The highest BCUT2D eigenvalue weighted by atomic mass is 79.9. The van der Waals surface area contributed by atoms with Crippen LogP contribution in [0.1, 0.15) is 5.56 Å². The lowest BCUT2D eigenvalue weighted by molar-refractivity contribution is 0.628. The van der Waals surface area contributed by atoms with Gasteiger partial charge in [0.15, 0.2) is 0 Å². The Hall–Kier alpha value is -1.06. The van der Waals surface area contributed by atoms with Crippen molar-refractivity contribution in [2.75, 3.05) is 5.32 Å². The van der Waals surface area contributed by atoms with Gasteiger partial charge < -0.3 is 5.32 Å². The van der Waals surface area contributed by atoms with Crippen LogP contribution in [-0.4, -0.2) is 0 Å². The lowest BCUT2D eigenvalue weighted by atomic mass is 10.2. The zero-order valence-electron chi connectivity index (χ0n) is 8.88. The fraction of sp³-hybridized carbons (Fsp3) is 0.0769. The second-order valence-electron chi connectivity index (χ2n) is 3.60. The van der Waals surface area contributed by atoms with E-state index in [0.717, 1.165) is 15.7 Å². The highest BCUT2D eigenvalue weighted by molar-refractivity contribution is 9.10. The summed E-state index contributed by atoms with van der Waals surface area (Å²) in [6, 6.07) is 11.9. The van der Waals surface area contributed by atoms with Crippen LogP contribution in [0, 0.1) is 5.82 Å². The zero-order chi connectivity index (χ0) is 12.3. The lowest BCUT2D eigenvalue weighted by Crippen LogP contribution is -2.00. The molecule has 0 spiro atoms. The number of anilines is 1. The van der Waals surface area contributed by atoms with E-state index in [-0.39, 0.29) is 5.82 Å². The number of rotatable bonds is 3. The molecule has 17 heavy (non-hydrogen) atoms. The molecule has 4 heteroatoms. The molecule has 0 heterocycles. The third-order valence-corrected chi connectivity index (χ3v) is 3.34. The van der Waals surface area contributed by atoms with Crippen molar-refractivity contribution >= 4 is 33.2 Å². The van der Waals surface area contributed by atoms with Gasteiger partial charge in [-0.2, -0.15) is 0 Å². The summed E-state index contributed by atoms with van der Waals surface area (Å²) in [5.74, 6) is -0.237. The third-order valence-electron chi connectivity index (χ3n) is 2.33. The van der Waals surface area contributed by atoms with Crippen LogP contribution >= 0.6 is 27.5 Å². The van der Waals surface area contributed by atoms with Crippen molar-refractivity contribution in [3.63, 3.8) is 0 Å². The quantitative estimate of drug-likeness (QED) is 0.853. The average molecular weight is 315 g/mol. The van der Waals surface area contributed by atoms with Crippen LogP contribution in [-0.2, 0) is 6.54 Å². The monoisotopic (exact) mass is 313 g/mol. The molecule has 0 unspecified atom stereocenters. The first-order valence-corrected chi connectivity index (χ1v) is 6.25. The summed E-state index contributed by atoms with van der Waals surface area (Å²) < 4.78 is 13.7. The van der Waals surface area contributed by atoms with Crippen LogP contribution in [0.25, 0.3) is 0 Å². The van der Waals surface area contributed by atoms with E-state index in [4.69, 9.17) is 11.6 Å². The molecule has 0 amide bonds. The largest absolute Gasteiger partial charge is 0.381 e. The van der Waals surface area contributed by atoms with Gasteiger partial charge in [0.25, 0.3) is 0 Å². The maximum Gasteiger partial charge on any atom is 0.123 e. The first kappa shape index (κ1) is 12.4. The molecule has 1 nitrogen and oxygen atoms in total. The molecule has 88 valence electrons. The first-order chi connectivity index (χ1) is 8.15. The van der Waals surface area contributed by atoms with Crippen LogP contribution in [0.5, 0.6) is 0 Å². The fourth-order valence-electron chi connectivity index (χ4n) is 1.44. The molecule has 0 aliphatic carbocycles. The van der Waals surface area contributed by atoms with E-state index in [2.05, 4.69) is 21.2 Å². The molecule has 0 bridgehead atoms. The van der Waals surface area contributed by atoms with Gasteiger partial charge in [-0.15, -0.1) is 0 Å². The summed E-state index contributed by atoms with van der Waals surface area (Å²) in [4.78, 5) is 0. The zero-order valence-corrected chi connectivity index (χ0v) is 11.2. The van der Waals surface area contributed by atoms with Crippen molar-refractivity contribution in [3.05, 3.63) is 63.3 Å². The normalized spacial score (nSPS) is 10.3. The Balaban J connectivity index is 2.07. The lowest BCUT2D eigenvalue weighted by Gasteiger charge is -2.08. The van der Waals surface area contributed by atoms with Crippen LogP contribution < -0.4 is 5.32 Å². The molecule has 0 aliphatic rings. The maximum absolute atomic E-state index is 12.7. The smallest absolute Gasteiger partial charge is 0.123 e. The Morgan fingerprint density at radius 2 is 1.82 bits per heavy atom. The standard InChI is InChI=1S/C13H10BrClFN/c14-13-6-1-10(15)7-9(13)8-17-12-4-2-11(16)3-5-12/h1-7,17H,8H2. The molecule has 0 fully saturated rings. The van der Waals surface area contributed by atoms with Crippen molar-refractivity contribution in [1.29, 1.82) is 0 Å². The summed E-state index contributed by atoms with van der Waals surface area (Å²) in [6.07, 6.45) is 0. The van der Waals surface area contributed by atoms with Crippen molar-refractivity contribution < 1.29 is 4.39 Å². The molecule has 0 saturated heterocycles. The van der Waals surface area contributed by atoms with Gasteiger partial charge in [0.05, 0.1) is 0 Å². The van der Waals surface area contributed by atoms with E-state index in [1.54, 1.807) is 12.1 Å². The molecule has 0 saturated carbocycles. The molecule has 2 rings (SSSR count). The van der Waals surface area contributed by atoms with Crippen LogP contribution in [0.2, 0.25) is 5.02 Å². The van der Waals surface area contributed by atoms with Gasteiger partial charge in [-0.05, 0) is 48.0 Å². The predicted octanol–water partition coefficient (Wildman–Crippen LogP) is 4.85. The van der Waals surface area contributed by atoms with Gasteiger partial charge in [0.2, 0.25) is 0 Å². The first-order valence-electron chi connectivity index (χ1n) is 5.08. The SMILES string of the molecule is Fc1ccc(NCc2cc(Cl)ccc2Br)cc1. The molecule has 1 N–H and O–H groups in total. The van der Waals surface area contributed by atoms with Gasteiger partial charge >= 0.3 is 0 Å². The van der Waals surface area contributed by atoms with E-state index in [0.29, 0.717) is 11.6 Å². The minimum atomic E-state index is -0.237. The predicted molar refractivity (Wildman–Crippen MR) is 72.9 cm³/mol. The number of halogens is 3. The van der Waals surface area contributed by atoms with Crippen molar-refractivity contribution in [2.24, 2.45) is 0 Å². The summed E-state index contributed by atoms with van der Waals surface area (Å²) >= 11 is 9.38. The highest BCUT2D eigenvalue weighted by Gasteiger charge is 2.01. The van der Waals surface area contributed by atoms with E-state index >= 15 is 0 Å². The molecule has 2 aromatic carbocycles. The Kier molecular flexibility index (Phi) is 4.02. The number of benzene rings is 2. The molecule has 0 aromatic heterocycles. The van der Waals surface area contributed by atoms with E-state index < -0.39 is 0 Å². The van der Waals surface area contributed by atoms with Gasteiger partial charge in [0, 0.05) is 21.7 Å². The Bertz CT molecular complexity index is 513. The second-order valence-corrected chi connectivity index (χ2v) is 4.89. The second kappa shape index (κ2) is 5.52. The van der Waals surface area contributed by atoms with Crippen molar-refractivity contribution in [2.45, 2.75) is 6.54 Å². The highest BCUT2D eigenvalue weighted by Crippen LogP contribution is 2.22. The number of nitrogens with one attached hydrogen (secondary N) is 1. The van der Waals surface area contributed by atoms with Crippen molar-refractivity contribution in [3.8, 4) is 0 Å². The van der Waals surface area contributed by atoms with Gasteiger partial charge in [0.1, 0.15) is 5.82 Å².